The van der Waals surface area contributed by atoms with Crippen molar-refractivity contribution in [2.24, 2.45) is 0 Å². The minimum absolute atomic E-state index is 0.0141. The summed E-state index contributed by atoms with van der Waals surface area (Å²) in [6, 6.07) is 7.16. The first-order chi connectivity index (χ1) is 6.83. The van der Waals surface area contributed by atoms with Crippen LogP contribution in [0, 0.1) is 0 Å². The van der Waals surface area contributed by atoms with Crippen molar-refractivity contribution in [1.29, 1.82) is 0 Å². The summed E-state index contributed by atoms with van der Waals surface area (Å²) in [6.07, 6.45) is -5.57. The summed E-state index contributed by atoms with van der Waals surface area (Å²) in [7, 11) is -1.97. The molecule has 15 heavy (non-hydrogen) atoms. The first-order valence-corrected chi connectivity index (χ1v) is 4.67. The third kappa shape index (κ3) is 3.30. The van der Waals surface area contributed by atoms with E-state index < -0.39 is 20.6 Å². The Hall–Kier alpha value is -0.900. The van der Waals surface area contributed by atoms with Crippen LogP contribution < -0.4 is 4.52 Å². The normalized spacial score (nSPS) is 13.4. The molecule has 1 aromatic carbocycles. The number of alkyl halides is 5. The van der Waals surface area contributed by atoms with Crippen molar-refractivity contribution in [3.8, 4) is 5.75 Å². The summed E-state index contributed by atoms with van der Waals surface area (Å²) in [6.45, 7) is 0. The van der Waals surface area contributed by atoms with Crippen LogP contribution in [0.3, 0.4) is 0 Å². The van der Waals surface area contributed by atoms with Crippen LogP contribution in [0.4, 0.5) is 22.0 Å². The molecule has 84 valence electrons. The summed E-state index contributed by atoms with van der Waals surface area (Å²) in [5.74, 6) is -0.0141. The van der Waals surface area contributed by atoms with E-state index in [9.17, 15) is 22.0 Å². The van der Waals surface area contributed by atoms with Crippen LogP contribution >= 0.6 is 8.81 Å². The zero-order chi connectivity index (χ0) is 11.5. The Morgan fingerprint density at radius 3 is 1.93 bits per heavy atom. The smallest absolute Gasteiger partial charge is 0.460 e. The van der Waals surface area contributed by atoms with E-state index in [0.717, 1.165) is 0 Å². The molecule has 0 saturated heterocycles. The van der Waals surface area contributed by atoms with Crippen molar-refractivity contribution in [3.05, 3.63) is 30.3 Å². The van der Waals surface area contributed by atoms with Crippen LogP contribution in [0.5, 0.6) is 5.75 Å². The molecule has 0 radical (unpaired) electrons. The van der Waals surface area contributed by atoms with Gasteiger partial charge in [0.15, 0.2) is 8.81 Å². The van der Waals surface area contributed by atoms with E-state index >= 15 is 0 Å². The molecule has 0 fully saturated rings. The molecule has 1 aromatic rings. The van der Waals surface area contributed by atoms with Gasteiger partial charge < -0.3 is 4.52 Å². The topological polar surface area (TPSA) is 9.23 Å². The average molecular weight is 244 g/mol. The van der Waals surface area contributed by atoms with Crippen LogP contribution in [0.15, 0.2) is 30.3 Å². The highest BCUT2D eigenvalue weighted by Gasteiger charge is 2.58. The first kappa shape index (κ1) is 12.2. The van der Waals surface area contributed by atoms with Crippen molar-refractivity contribution in [1.82, 2.24) is 0 Å². The number of benzene rings is 1. The van der Waals surface area contributed by atoms with Gasteiger partial charge in [-0.15, -0.1) is 0 Å². The molecule has 1 unspecified atom stereocenters. The molecular formula is C8H6F5OP. The summed E-state index contributed by atoms with van der Waals surface area (Å²) in [5.41, 5.74) is -4.80. The van der Waals surface area contributed by atoms with Crippen molar-refractivity contribution in [2.45, 2.75) is 11.8 Å². The molecule has 0 aliphatic heterocycles. The van der Waals surface area contributed by atoms with Crippen molar-refractivity contribution >= 4 is 8.81 Å². The molecule has 7 heteroatoms. The highest BCUT2D eigenvalue weighted by atomic mass is 31.1. The highest BCUT2D eigenvalue weighted by Crippen LogP contribution is 2.48. The van der Waals surface area contributed by atoms with Gasteiger partial charge in [-0.25, -0.2) is 0 Å². The van der Waals surface area contributed by atoms with Crippen LogP contribution in [-0.4, -0.2) is 11.8 Å². The predicted octanol–water partition coefficient (Wildman–Crippen LogP) is 3.81. The Bertz CT molecular complexity index is 311. The fourth-order valence-electron chi connectivity index (χ4n) is 0.669. The molecule has 0 aromatic heterocycles. The Labute approximate surface area is 84.1 Å². The highest BCUT2D eigenvalue weighted by molar-refractivity contribution is 7.34. The Kier molecular flexibility index (Phi) is 3.50. The minimum atomic E-state index is -5.57. The molecule has 0 heterocycles. The maximum absolute atomic E-state index is 12.4. The van der Waals surface area contributed by atoms with Gasteiger partial charge in [0.2, 0.25) is 0 Å². The van der Waals surface area contributed by atoms with Gasteiger partial charge in [-0.3, -0.25) is 0 Å². The Morgan fingerprint density at radius 1 is 0.933 bits per heavy atom. The summed E-state index contributed by atoms with van der Waals surface area (Å²) < 4.78 is 64.3. The van der Waals surface area contributed by atoms with Gasteiger partial charge in [-0.2, -0.15) is 22.0 Å². The molecular weight excluding hydrogens is 238 g/mol. The molecule has 0 amide bonds. The summed E-state index contributed by atoms with van der Waals surface area (Å²) in [5, 5.41) is 0. The van der Waals surface area contributed by atoms with Crippen LogP contribution in [0.1, 0.15) is 0 Å². The SMILES string of the molecule is FC(F)(F)C(F)(F)POc1ccccc1. The first-order valence-electron chi connectivity index (χ1n) is 3.76. The second-order valence-corrected chi connectivity index (χ2v) is 3.63. The van der Waals surface area contributed by atoms with Crippen molar-refractivity contribution < 1.29 is 26.5 Å². The van der Waals surface area contributed by atoms with E-state index in [4.69, 9.17) is 0 Å². The maximum atomic E-state index is 12.4. The van der Waals surface area contributed by atoms with E-state index in [0.29, 0.717) is 0 Å². The van der Waals surface area contributed by atoms with Gasteiger partial charge in [0.25, 0.3) is 0 Å². The fraction of sp³-hybridized carbons (Fsp3) is 0.250. The van der Waals surface area contributed by atoms with Crippen molar-refractivity contribution in [2.75, 3.05) is 0 Å². The van der Waals surface area contributed by atoms with E-state index in [1.165, 1.54) is 24.3 Å². The lowest BCUT2D eigenvalue weighted by molar-refractivity contribution is -0.241. The van der Waals surface area contributed by atoms with Crippen LogP contribution in [0.2, 0.25) is 0 Å². The lowest BCUT2D eigenvalue weighted by Crippen LogP contribution is -2.32. The van der Waals surface area contributed by atoms with Crippen LogP contribution in [0.25, 0.3) is 0 Å². The van der Waals surface area contributed by atoms with E-state index in [1.54, 1.807) is 6.07 Å². The van der Waals surface area contributed by atoms with Gasteiger partial charge in [0.05, 0.1) is 0 Å². The molecule has 0 N–H and O–H groups in total. The quantitative estimate of drug-likeness (QED) is 0.580. The number of rotatable bonds is 3. The fourth-order valence-corrected chi connectivity index (χ4v) is 1.17. The molecule has 1 rings (SSSR count). The lowest BCUT2D eigenvalue weighted by Gasteiger charge is -2.18. The minimum Gasteiger partial charge on any atom is -0.471 e. The Balaban J connectivity index is 2.58. The van der Waals surface area contributed by atoms with Gasteiger partial charge in [0, 0.05) is 0 Å². The second kappa shape index (κ2) is 4.31. The average Bonchev–Trinajstić information content (AvgIpc) is 2.15. The summed E-state index contributed by atoms with van der Waals surface area (Å²) in [4.78, 5) is 0. The van der Waals surface area contributed by atoms with E-state index in [1.807, 2.05) is 0 Å². The van der Waals surface area contributed by atoms with Crippen LogP contribution in [-0.2, 0) is 0 Å². The lowest BCUT2D eigenvalue weighted by atomic mass is 10.3. The second-order valence-electron chi connectivity index (χ2n) is 2.59. The zero-order valence-corrected chi connectivity index (χ0v) is 8.18. The maximum Gasteiger partial charge on any atom is 0.460 e. The molecule has 0 aliphatic carbocycles. The standard InChI is InChI=1S/C8H6F5OP/c9-7(10,11)8(12,13)15-14-6-4-2-1-3-5-6/h1-5,15H. The predicted molar refractivity (Wildman–Crippen MR) is 46.4 cm³/mol. The van der Waals surface area contributed by atoms with Gasteiger partial charge in [-0.1, -0.05) is 18.2 Å². The van der Waals surface area contributed by atoms with Gasteiger partial charge >= 0.3 is 11.8 Å². The molecule has 1 nitrogen and oxygen atoms in total. The molecule has 0 aliphatic rings. The largest absolute Gasteiger partial charge is 0.471 e. The third-order valence-corrected chi connectivity index (χ3v) is 2.27. The van der Waals surface area contributed by atoms with E-state index in [-0.39, 0.29) is 5.75 Å². The molecule has 1 atom stereocenters. The number of para-hydroxylation sites is 1. The number of hydrogen-bond acceptors (Lipinski definition) is 1. The van der Waals surface area contributed by atoms with E-state index in [2.05, 4.69) is 4.52 Å². The van der Waals surface area contributed by atoms with Crippen molar-refractivity contribution in [3.63, 3.8) is 0 Å². The van der Waals surface area contributed by atoms with Gasteiger partial charge in [-0.05, 0) is 12.1 Å². The zero-order valence-electron chi connectivity index (χ0n) is 7.18. The van der Waals surface area contributed by atoms with Gasteiger partial charge in [0.1, 0.15) is 5.75 Å². The monoisotopic (exact) mass is 244 g/mol. The molecule has 0 bridgehead atoms. The number of hydrogen-bond donors (Lipinski definition) is 0. The number of halogens is 5. The molecule has 0 spiro atoms. The third-order valence-electron chi connectivity index (χ3n) is 1.40. The summed E-state index contributed by atoms with van der Waals surface area (Å²) >= 11 is 0. The molecule has 0 saturated carbocycles. The Morgan fingerprint density at radius 2 is 1.47 bits per heavy atom.